The maximum atomic E-state index is 13.8. The van der Waals surface area contributed by atoms with E-state index in [0.29, 0.717) is 25.3 Å². The first-order valence-corrected chi connectivity index (χ1v) is 13.6. The van der Waals surface area contributed by atoms with Crippen LogP contribution in [0.3, 0.4) is 0 Å². The third-order valence-corrected chi connectivity index (χ3v) is 8.35. The number of hydrogen-bond acceptors (Lipinski definition) is 6. The number of methoxy groups -OCH3 is 1. The van der Waals surface area contributed by atoms with Crippen molar-refractivity contribution < 1.29 is 18.3 Å². The van der Waals surface area contributed by atoms with Crippen molar-refractivity contribution in [2.45, 2.75) is 23.4 Å². The van der Waals surface area contributed by atoms with Crippen molar-refractivity contribution >= 4 is 17.7 Å². The molecular weight excluding hydrogens is 506 g/mol. The van der Waals surface area contributed by atoms with Crippen LogP contribution in [0.15, 0.2) is 73.1 Å². The van der Waals surface area contributed by atoms with E-state index in [2.05, 4.69) is 15.2 Å². The second-order valence-corrected chi connectivity index (χ2v) is 10.7. The van der Waals surface area contributed by atoms with Gasteiger partial charge in [-0.25, -0.2) is 8.78 Å². The standard InChI is InChI=1S/C29H34F2N4O2S/c1-34(28(36)26-19-38-27(33-26)21-6-4-15-32-18-21)16-5-17-35(2)29(20-37-3,22-7-11-24(30)12-8-22)23-9-13-25(31)14-10-23/h4,6-15,18,26-27,33H,5,16-17,19-20H2,1-3H3. The number of halogens is 2. The summed E-state index contributed by atoms with van der Waals surface area (Å²) in [6.07, 6.45) is 4.27. The zero-order chi connectivity index (χ0) is 27.1. The van der Waals surface area contributed by atoms with Gasteiger partial charge >= 0.3 is 0 Å². The minimum absolute atomic E-state index is 0.0539. The molecule has 1 aromatic heterocycles. The van der Waals surface area contributed by atoms with Crippen molar-refractivity contribution in [3.05, 3.63) is 101 Å². The molecule has 2 unspecified atom stereocenters. The Morgan fingerprint density at radius 1 is 1.05 bits per heavy atom. The van der Waals surface area contributed by atoms with Crippen molar-refractivity contribution in [1.29, 1.82) is 0 Å². The lowest BCUT2D eigenvalue weighted by Gasteiger charge is -2.43. The number of carbonyl (C=O) groups excluding carboxylic acids is 1. The summed E-state index contributed by atoms with van der Waals surface area (Å²) in [7, 11) is 5.42. The predicted molar refractivity (Wildman–Crippen MR) is 147 cm³/mol. The average molecular weight is 541 g/mol. The molecule has 1 N–H and O–H groups in total. The summed E-state index contributed by atoms with van der Waals surface area (Å²) in [5.41, 5.74) is 1.98. The van der Waals surface area contributed by atoms with Crippen molar-refractivity contribution in [1.82, 2.24) is 20.1 Å². The number of aromatic nitrogens is 1. The molecule has 2 aromatic carbocycles. The quantitative estimate of drug-likeness (QED) is 0.388. The molecule has 0 radical (unpaired) electrons. The third-order valence-electron chi connectivity index (χ3n) is 7.08. The van der Waals surface area contributed by atoms with Gasteiger partial charge in [-0.05, 0) is 60.5 Å². The summed E-state index contributed by atoms with van der Waals surface area (Å²) in [5.74, 6) is 0.110. The first-order chi connectivity index (χ1) is 18.3. The van der Waals surface area contributed by atoms with Crippen molar-refractivity contribution in [3.63, 3.8) is 0 Å². The number of likely N-dealkylation sites (N-methyl/N-ethyl adjacent to an activating group) is 2. The lowest BCUT2D eigenvalue weighted by molar-refractivity contribution is -0.131. The number of rotatable bonds is 11. The average Bonchev–Trinajstić information content (AvgIpc) is 3.43. The van der Waals surface area contributed by atoms with Crippen LogP contribution >= 0.6 is 11.8 Å². The van der Waals surface area contributed by atoms with Gasteiger partial charge in [-0.15, -0.1) is 11.8 Å². The van der Waals surface area contributed by atoms with Crippen LogP contribution in [0.5, 0.6) is 0 Å². The highest BCUT2D eigenvalue weighted by Gasteiger charge is 2.39. The molecule has 0 aliphatic carbocycles. The normalized spacial score (nSPS) is 17.6. The van der Waals surface area contributed by atoms with Gasteiger partial charge in [0, 0.05) is 45.4 Å². The predicted octanol–water partition coefficient (Wildman–Crippen LogP) is 4.43. The molecule has 0 bridgehead atoms. The second-order valence-electron chi connectivity index (χ2n) is 9.56. The summed E-state index contributed by atoms with van der Waals surface area (Å²) in [6.45, 7) is 1.48. The Labute approximate surface area is 227 Å². The zero-order valence-electron chi connectivity index (χ0n) is 21.9. The van der Waals surface area contributed by atoms with E-state index in [-0.39, 0.29) is 35.6 Å². The molecule has 1 amide bonds. The zero-order valence-corrected chi connectivity index (χ0v) is 22.8. The Balaban J connectivity index is 1.43. The van der Waals surface area contributed by atoms with Crippen LogP contribution in [-0.4, -0.2) is 73.4 Å². The molecule has 1 aliphatic rings. The van der Waals surface area contributed by atoms with E-state index in [1.165, 1.54) is 24.3 Å². The van der Waals surface area contributed by atoms with Gasteiger partial charge in [0.2, 0.25) is 5.91 Å². The Bertz CT molecular complexity index is 1140. The molecule has 2 atom stereocenters. The summed E-state index contributed by atoms with van der Waals surface area (Å²) < 4.78 is 33.3. The van der Waals surface area contributed by atoms with Crippen LogP contribution in [0.2, 0.25) is 0 Å². The molecule has 1 aliphatic heterocycles. The number of hydrogen-bond donors (Lipinski definition) is 1. The highest BCUT2D eigenvalue weighted by atomic mass is 32.2. The summed E-state index contributed by atoms with van der Waals surface area (Å²) in [6, 6.07) is 16.3. The molecular formula is C29H34F2N4O2S. The van der Waals surface area contributed by atoms with Gasteiger partial charge in [-0.2, -0.15) is 0 Å². The number of nitrogens with zero attached hydrogens (tertiary/aromatic N) is 3. The molecule has 1 saturated heterocycles. The molecule has 3 aromatic rings. The minimum Gasteiger partial charge on any atom is -0.382 e. The fourth-order valence-electron chi connectivity index (χ4n) is 4.99. The van der Waals surface area contributed by atoms with Gasteiger partial charge in [-0.3, -0.25) is 20.0 Å². The molecule has 1 fully saturated rings. The molecule has 2 heterocycles. The van der Waals surface area contributed by atoms with Crippen LogP contribution in [0.4, 0.5) is 8.78 Å². The molecule has 202 valence electrons. The van der Waals surface area contributed by atoms with E-state index in [1.54, 1.807) is 54.2 Å². The molecule has 9 heteroatoms. The van der Waals surface area contributed by atoms with Crippen LogP contribution in [0, 0.1) is 11.6 Å². The van der Waals surface area contributed by atoms with Gasteiger partial charge in [0.25, 0.3) is 0 Å². The lowest BCUT2D eigenvalue weighted by atomic mass is 9.81. The summed E-state index contributed by atoms with van der Waals surface area (Å²) in [5, 5.41) is 3.48. The number of amides is 1. The van der Waals surface area contributed by atoms with Gasteiger partial charge < -0.3 is 9.64 Å². The number of thioether (sulfide) groups is 1. The van der Waals surface area contributed by atoms with E-state index in [9.17, 15) is 13.6 Å². The van der Waals surface area contributed by atoms with E-state index >= 15 is 0 Å². The van der Waals surface area contributed by atoms with Crippen LogP contribution in [-0.2, 0) is 15.1 Å². The van der Waals surface area contributed by atoms with E-state index in [4.69, 9.17) is 4.74 Å². The van der Waals surface area contributed by atoms with Crippen molar-refractivity contribution in [2.24, 2.45) is 0 Å². The Kier molecular flexibility index (Phi) is 9.49. The Hall–Kier alpha value is -2.85. The topological polar surface area (TPSA) is 57.7 Å². The van der Waals surface area contributed by atoms with Crippen molar-refractivity contribution in [3.8, 4) is 0 Å². The number of carbonyl (C=O) groups is 1. The maximum absolute atomic E-state index is 13.8. The molecule has 0 spiro atoms. The molecule has 0 saturated carbocycles. The van der Waals surface area contributed by atoms with E-state index < -0.39 is 5.54 Å². The third kappa shape index (κ3) is 6.23. The Morgan fingerprint density at radius 3 is 2.24 bits per heavy atom. The van der Waals surface area contributed by atoms with Gasteiger partial charge in [0.05, 0.1) is 23.6 Å². The SMILES string of the molecule is COCC(c1ccc(F)cc1)(c1ccc(F)cc1)N(C)CCCN(C)C(=O)C1CSC(c2cccnc2)N1. The number of pyridine rings is 1. The highest BCUT2D eigenvalue weighted by Crippen LogP contribution is 2.36. The van der Waals surface area contributed by atoms with E-state index in [0.717, 1.165) is 16.7 Å². The first kappa shape index (κ1) is 28.2. The molecule has 4 rings (SSSR count). The maximum Gasteiger partial charge on any atom is 0.240 e. The van der Waals surface area contributed by atoms with Gasteiger partial charge in [-0.1, -0.05) is 30.3 Å². The van der Waals surface area contributed by atoms with E-state index in [1.807, 2.05) is 32.4 Å². The van der Waals surface area contributed by atoms with Gasteiger partial charge in [0.15, 0.2) is 0 Å². The van der Waals surface area contributed by atoms with Crippen LogP contribution < -0.4 is 5.32 Å². The number of nitrogens with one attached hydrogen (secondary N) is 1. The fourth-order valence-corrected chi connectivity index (χ4v) is 6.21. The van der Waals surface area contributed by atoms with Crippen LogP contribution in [0.1, 0.15) is 28.5 Å². The molecule has 6 nitrogen and oxygen atoms in total. The first-order valence-electron chi connectivity index (χ1n) is 12.6. The largest absolute Gasteiger partial charge is 0.382 e. The second kappa shape index (κ2) is 12.8. The lowest BCUT2D eigenvalue weighted by Crippen LogP contribution is -2.49. The minimum atomic E-state index is -0.765. The fraction of sp³-hybridized carbons (Fsp3) is 0.379. The monoisotopic (exact) mass is 540 g/mol. The van der Waals surface area contributed by atoms with Gasteiger partial charge in [0.1, 0.15) is 11.6 Å². The number of benzene rings is 2. The summed E-state index contributed by atoms with van der Waals surface area (Å²) >= 11 is 1.71. The molecule has 38 heavy (non-hydrogen) atoms. The van der Waals surface area contributed by atoms with Crippen LogP contribution in [0.25, 0.3) is 0 Å². The summed E-state index contributed by atoms with van der Waals surface area (Å²) in [4.78, 5) is 21.2. The smallest absolute Gasteiger partial charge is 0.240 e. The van der Waals surface area contributed by atoms with Crippen molar-refractivity contribution in [2.75, 3.05) is 46.7 Å². The highest BCUT2D eigenvalue weighted by molar-refractivity contribution is 7.99. The Morgan fingerprint density at radius 2 is 1.68 bits per heavy atom. The number of ether oxygens (including phenoxy) is 1.